The summed E-state index contributed by atoms with van der Waals surface area (Å²) >= 11 is 7.34. The summed E-state index contributed by atoms with van der Waals surface area (Å²) in [6, 6.07) is 9.61. The van der Waals surface area contributed by atoms with E-state index in [-0.39, 0.29) is 0 Å². The number of hydrogen-bond acceptors (Lipinski definition) is 4. The number of halogens is 1. The molecule has 0 unspecified atom stereocenters. The molecule has 0 bridgehead atoms. The molecular weight excluding hydrogens is 278 g/mol. The zero-order valence-electron chi connectivity index (χ0n) is 9.88. The quantitative estimate of drug-likeness (QED) is 0.723. The second-order valence-corrected chi connectivity index (χ2v) is 5.49. The first-order chi connectivity index (χ1) is 9.24. The molecule has 0 aliphatic heterocycles. The van der Waals surface area contributed by atoms with E-state index in [0.29, 0.717) is 5.02 Å². The predicted molar refractivity (Wildman–Crippen MR) is 79.5 cm³/mol. The summed E-state index contributed by atoms with van der Waals surface area (Å²) in [4.78, 5) is 9.33. The van der Waals surface area contributed by atoms with Gasteiger partial charge in [0.25, 0.3) is 0 Å². The molecule has 0 radical (unpaired) electrons. The van der Waals surface area contributed by atoms with Gasteiger partial charge in [-0.15, -0.1) is 0 Å². The smallest absolute Gasteiger partial charge is 0.101 e. The number of hydrogen-bond donors (Lipinski definition) is 1. The average molecular weight is 288 g/mol. The number of benzene rings is 1. The number of nitrogens with zero attached hydrogens (tertiary/aromatic N) is 2. The summed E-state index contributed by atoms with van der Waals surface area (Å²) in [6.45, 7) is 0. The number of nitrogen functional groups attached to an aromatic ring is 1. The van der Waals surface area contributed by atoms with Gasteiger partial charge in [0.05, 0.1) is 10.7 Å². The van der Waals surface area contributed by atoms with Gasteiger partial charge in [-0.25, -0.2) is 4.98 Å². The number of pyridine rings is 2. The third-order valence-electron chi connectivity index (χ3n) is 2.74. The molecule has 2 aromatic heterocycles. The standard InChI is InChI=1S/C14H10ClN3S/c15-10-2-4-13(18-8-10)19-12-3-1-9-7-17-6-5-11(9)14(12)16/h1-8H,16H2. The Labute approximate surface area is 119 Å². The molecule has 2 heterocycles. The predicted octanol–water partition coefficient (Wildman–Crippen LogP) is 4.02. The molecule has 19 heavy (non-hydrogen) atoms. The minimum absolute atomic E-state index is 0.627. The third kappa shape index (κ3) is 2.50. The van der Waals surface area contributed by atoms with Crippen LogP contribution >= 0.6 is 23.4 Å². The van der Waals surface area contributed by atoms with Gasteiger partial charge in [0.1, 0.15) is 5.03 Å². The molecule has 3 nitrogen and oxygen atoms in total. The van der Waals surface area contributed by atoms with Crippen LogP contribution in [0.1, 0.15) is 0 Å². The van der Waals surface area contributed by atoms with Crippen molar-refractivity contribution in [3.63, 3.8) is 0 Å². The lowest BCUT2D eigenvalue weighted by atomic mass is 10.1. The Kier molecular flexibility index (Phi) is 3.27. The zero-order valence-corrected chi connectivity index (χ0v) is 11.4. The van der Waals surface area contributed by atoms with E-state index < -0.39 is 0 Å². The molecule has 0 spiro atoms. The summed E-state index contributed by atoms with van der Waals surface area (Å²) in [5, 5.41) is 3.54. The Morgan fingerprint density at radius 2 is 1.95 bits per heavy atom. The summed E-state index contributed by atoms with van der Waals surface area (Å²) < 4.78 is 0. The van der Waals surface area contributed by atoms with E-state index in [1.165, 1.54) is 11.8 Å². The van der Waals surface area contributed by atoms with Crippen LogP contribution in [-0.4, -0.2) is 9.97 Å². The summed E-state index contributed by atoms with van der Waals surface area (Å²) in [7, 11) is 0. The van der Waals surface area contributed by atoms with Gasteiger partial charge in [0.2, 0.25) is 0 Å². The first-order valence-corrected chi connectivity index (χ1v) is 6.85. The topological polar surface area (TPSA) is 51.8 Å². The fraction of sp³-hybridized carbons (Fsp3) is 0. The molecule has 2 N–H and O–H groups in total. The van der Waals surface area contributed by atoms with Crippen LogP contribution in [0.4, 0.5) is 5.69 Å². The second kappa shape index (κ2) is 5.07. The highest BCUT2D eigenvalue weighted by Crippen LogP contribution is 2.35. The van der Waals surface area contributed by atoms with Gasteiger partial charge in [-0.2, -0.15) is 0 Å². The van der Waals surface area contributed by atoms with E-state index in [0.717, 1.165) is 26.4 Å². The van der Waals surface area contributed by atoms with Crippen LogP contribution in [0, 0.1) is 0 Å². The van der Waals surface area contributed by atoms with Crippen LogP contribution < -0.4 is 5.73 Å². The molecular formula is C14H10ClN3S. The normalized spacial score (nSPS) is 10.8. The fourth-order valence-corrected chi connectivity index (χ4v) is 2.73. The van der Waals surface area contributed by atoms with Crippen LogP contribution in [0.5, 0.6) is 0 Å². The first-order valence-electron chi connectivity index (χ1n) is 5.65. The Hall–Kier alpha value is -1.78. The molecule has 3 rings (SSSR count). The Bertz CT molecular complexity index is 728. The van der Waals surface area contributed by atoms with Crippen LogP contribution in [-0.2, 0) is 0 Å². The van der Waals surface area contributed by atoms with Crippen molar-refractivity contribution < 1.29 is 0 Å². The molecule has 3 aromatic rings. The highest BCUT2D eigenvalue weighted by Gasteiger charge is 2.06. The molecule has 5 heteroatoms. The van der Waals surface area contributed by atoms with E-state index in [4.69, 9.17) is 17.3 Å². The van der Waals surface area contributed by atoms with Gasteiger partial charge in [0, 0.05) is 34.3 Å². The van der Waals surface area contributed by atoms with Gasteiger partial charge in [-0.05, 0) is 24.3 Å². The van der Waals surface area contributed by atoms with E-state index in [1.807, 2.05) is 30.3 Å². The van der Waals surface area contributed by atoms with Crippen molar-refractivity contribution in [3.05, 3.63) is 53.9 Å². The van der Waals surface area contributed by atoms with Crippen molar-refractivity contribution in [1.29, 1.82) is 0 Å². The molecule has 94 valence electrons. The summed E-state index contributed by atoms with van der Waals surface area (Å²) in [6.07, 6.45) is 5.18. The van der Waals surface area contributed by atoms with Crippen molar-refractivity contribution in [2.24, 2.45) is 0 Å². The SMILES string of the molecule is Nc1c(Sc2ccc(Cl)cn2)ccc2cnccc12. The maximum Gasteiger partial charge on any atom is 0.101 e. The van der Waals surface area contributed by atoms with Crippen molar-refractivity contribution in [2.75, 3.05) is 5.73 Å². The lowest BCUT2D eigenvalue weighted by Crippen LogP contribution is -1.91. The second-order valence-electron chi connectivity index (χ2n) is 3.99. The molecule has 0 atom stereocenters. The van der Waals surface area contributed by atoms with Crippen LogP contribution in [0.15, 0.2) is 58.8 Å². The first kappa shape index (κ1) is 12.3. The number of anilines is 1. The number of rotatable bonds is 2. The van der Waals surface area contributed by atoms with Gasteiger partial charge in [-0.1, -0.05) is 29.4 Å². The van der Waals surface area contributed by atoms with Gasteiger partial charge >= 0.3 is 0 Å². The highest BCUT2D eigenvalue weighted by atomic mass is 35.5. The Morgan fingerprint density at radius 3 is 2.74 bits per heavy atom. The average Bonchev–Trinajstić information content (AvgIpc) is 2.45. The molecule has 0 fully saturated rings. The van der Waals surface area contributed by atoms with E-state index in [9.17, 15) is 0 Å². The molecule has 0 saturated heterocycles. The van der Waals surface area contributed by atoms with Crippen molar-refractivity contribution >= 4 is 39.8 Å². The molecule has 0 amide bonds. The lowest BCUT2D eigenvalue weighted by Gasteiger charge is -2.08. The van der Waals surface area contributed by atoms with Crippen molar-refractivity contribution in [1.82, 2.24) is 9.97 Å². The Morgan fingerprint density at radius 1 is 1.05 bits per heavy atom. The molecule has 0 aliphatic rings. The zero-order chi connectivity index (χ0) is 13.2. The number of fused-ring (bicyclic) bond motifs is 1. The monoisotopic (exact) mass is 287 g/mol. The highest BCUT2D eigenvalue weighted by molar-refractivity contribution is 7.99. The van der Waals surface area contributed by atoms with E-state index in [2.05, 4.69) is 9.97 Å². The van der Waals surface area contributed by atoms with Crippen molar-refractivity contribution in [3.8, 4) is 0 Å². The summed E-state index contributed by atoms with van der Waals surface area (Å²) in [5.41, 5.74) is 6.95. The molecule has 0 saturated carbocycles. The molecule has 0 aliphatic carbocycles. The minimum atomic E-state index is 0.627. The third-order valence-corrected chi connectivity index (χ3v) is 3.99. The largest absolute Gasteiger partial charge is 0.397 e. The van der Waals surface area contributed by atoms with Gasteiger partial charge in [0.15, 0.2) is 0 Å². The summed E-state index contributed by atoms with van der Waals surface area (Å²) in [5.74, 6) is 0. The maximum atomic E-state index is 6.19. The molecule has 1 aromatic carbocycles. The van der Waals surface area contributed by atoms with Crippen molar-refractivity contribution in [2.45, 2.75) is 9.92 Å². The lowest BCUT2D eigenvalue weighted by molar-refractivity contribution is 1.13. The van der Waals surface area contributed by atoms with Crippen LogP contribution in [0.3, 0.4) is 0 Å². The van der Waals surface area contributed by atoms with E-state index >= 15 is 0 Å². The van der Waals surface area contributed by atoms with Gasteiger partial charge < -0.3 is 5.73 Å². The fourth-order valence-electron chi connectivity index (χ4n) is 1.80. The maximum absolute atomic E-state index is 6.19. The van der Waals surface area contributed by atoms with Crippen LogP contribution in [0.2, 0.25) is 5.02 Å². The number of aromatic nitrogens is 2. The number of nitrogens with two attached hydrogens (primary N) is 1. The Balaban J connectivity index is 2.01. The van der Waals surface area contributed by atoms with Crippen LogP contribution in [0.25, 0.3) is 10.8 Å². The van der Waals surface area contributed by atoms with Gasteiger partial charge in [-0.3, -0.25) is 4.98 Å². The van der Waals surface area contributed by atoms with E-state index in [1.54, 1.807) is 18.6 Å². The minimum Gasteiger partial charge on any atom is -0.397 e.